The van der Waals surface area contributed by atoms with Gasteiger partial charge in [0.25, 0.3) is 0 Å². The van der Waals surface area contributed by atoms with Crippen LogP contribution in [0.4, 0.5) is 5.82 Å². The van der Waals surface area contributed by atoms with Crippen LogP contribution in [0.15, 0.2) is 6.20 Å². The van der Waals surface area contributed by atoms with Crippen molar-refractivity contribution < 1.29 is 0 Å². The molecule has 2 aliphatic rings. The van der Waals surface area contributed by atoms with Crippen LogP contribution in [-0.4, -0.2) is 28.1 Å². The largest absolute Gasteiger partial charge is 0.366 e. The smallest absolute Gasteiger partial charge is 0.147 e. The summed E-state index contributed by atoms with van der Waals surface area (Å²) in [7, 11) is 0. The van der Waals surface area contributed by atoms with Gasteiger partial charge in [0.15, 0.2) is 0 Å². The lowest BCUT2D eigenvalue weighted by Crippen LogP contribution is -2.43. The fraction of sp³-hybridized carbons (Fsp3) is 0.692. The van der Waals surface area contributed by atoms with Gasteiger partial charge in [-0.15, -0.1) is 0 Å². The van der Waals surface area contributed by atoms with Gasteiger partial charge in [-0.1, -0.05) is 0 Å². The summed E-state index contributed by atoms with van der Waals surface area (Å²) >= 11 is 0. The maximum Gasteiger partial charge on any atom is 0.147 e. The molecule has 92 valence electrons. The van der Waals surface area contributed by atoms with Crippen molar-refractivity contribution in [2.45, 2.75) is 57.7 Å². The molecule has 2 fully saturated rings. The van der Waals surface area contributed by atoms with Gasteiger partial charge >= 0.3 is 0 Å². The molecule has 2 unspecified atom stereocenters. The van der Waals surface area contributed by atoms with Crippen molar-refractivity contribution >= 4 is 5.82 Å². The van der Waals surface area contributed by atoms with E-state index in [0.29, 0.717) is 18.1 Å². The van der Waals surface area contributed by atoms with Crippen LogP contribution in [-0.2, 0) is 0 Å². The number of hydrogen-bond donors (Lipinski definition) is 2. The first kappa shape index (κ1) is 11.0. The topological polar surface area (TPSA) is 49.8 Å². The Morgan fingerprint density at radius 1 is 1.24 bits per heavy atom. The summed E-state index contributed by atoms with van der Waals surface area (Å²) in [5.74, 6) is 0.969. The van der Waals surface area contributed by atoms with Crippen LogP contribution >= 0.6 is 0 Å². The number of nitrogens with one attached hydrogen (secondary N) is 2. The van der Waals surface area contributed by atoms with Crippen molar-refractivity contribution in [3.63, 3.8) is 0 Å². The van der Waals surface area contributed by atoms with Crippen LogP contribution in [0.25, 0.3) is 0 Å². The molecule has 4 nitrogen and oxygen atoms in total. The minimum Gasteiger partial charge on any atom is -0.366 e. The van der Waals surface area contributed by atoms with Gasteiger partial charge in [-0.05, 0) is 39.5 Å². The normalized spacial score (nSPS) is 31.5. The first-order valence-corrected chi connectivity index (χ1v) is 6.53. The third-order valence-electron chi connectivity index (χ3n) is 3.89. The number of aromatic nitrogens is 2. The quantitative estimate of drug-likeness (QED) is 0.816. The Bertz CT molecular complexity index is 406. The molecule has 0 aliphatic carbocycles. The molecule has 3 heterocycles. The van der Waals surface area contributed by atoms with E-state index in [1.54, 1.807) is 0 Å². The van der Waals surface area contributed by atoms with Gasteiger partial charge in [0.2, 0.25) is 0 Å². The number of anilines is 1. The fourth-order valence-corrected chi connectivity index (χ4v) is 3.04. The second-order valence-corrected chi connectivity index (χ2v) is 5.40. The Morgan fingerprint density at radius 2 is 1.94 bits per heavy atom. The number of hydrogen-bond acceptors (Lipinski definition) is 4. The number of rotatable bonds is 2. The zero-order valence-corrected chi connectivity index (χ0v) is 10.5. The summed E-state index contributed by atoms with van der Waals surface area (Å²) in [6.07, 6.45) is 6.92. The van der Waals surface area contributed by atoms with E-state index in [0.717, 1.165) is 17.2 Å². The third-order valence-corrected chi connectivity index (χ3v) is 3.89. The van der Waals surface area contributed by atoms with E-state index < -0.39 is 0 Å². The van der Waals surface area contributed by atoms with Crippen LogP contribution in [0.2, 0.25) is 0 Å². The van der Waals surface area contributed by atoms with Gasteiger partial charge in [0, 0.05) is 24.3 Å². The summed E-state index contributed by atoms with van der Waals surface area (Å²) in [4.78, 5) is 8.90. The molecule has 0 radical (unpaired) electrons. The minimum absolute atomic E-state index is 0.559. The van der Waals surface area contributed by atoms with Crippen LogP contribution in [0.1, 0.15) is 37.1 Å². The van der Waals surface area contributed by atoms with E-state index in [1.807, 2.05) is 20.0 Å². The third kappa shape index (κ3) is 2.27. The summed E-state index contributed by atoms with van der Waals surface area (Å²) in [6, 6.07) is 1.98. The molecule has 17 heavy (non-hydrogen) atoms. The van der Waals surface area contributed by atoms with Crippen molar-refractivity contribution in [2.24, 2.45) is 0 Å². The fourth-order valence-electron chi connectivity index (χ4n) is 3.04. The van der Waals surface area contributed by atoms with Gasteiger partial charge in [0.05, 0.1) is 11.4 Å². The molecule has 2 saturated heterocycles. The molecule has 2 aliphatic heterocycles. The molecule has 2 atom stereocenters. The number of aryl methyl sites for hydroxylation is 2. The van der Waals surface area contributed by atoms with Crippen LogP contribution in [0, 0.1) is 13.8 Å². The second kappa shape index (κ2) is 4.26. The molecular formula is C13H20N4. The van der Waals surface area contributed by atoms with Crippen molar-refractivity contribution in [1.82, 2.24) is 15.3 Å². The molecular weight excluding hydrogens is 212 g/mol. The molecule has 1 aromatic heterocycles. The highest BCUT2D eigenvalue weighted by Gasteiger charge is 2.33. The van der Waals surface area contributed by atoms with E-state index in [2.05, 4.69) is 20.6 Å². The Balaban J connectivity index is 1.72. The molecule has 0 amide bonds. The summed E-state index contributed by atoms with van der Waals surface area (Å²) in [5, 5.41) is 7.23. The van der Waals surface area contributed by atoms with E-state index >= 15 is 0 Å². The van der Waals surface area contributed by atoms with Crippen LogP contribution in [0.3, 0.4) is 0 Å². The zero-order chi connectivity index (χ0) is 11.8. The zero-order valence-electron chi connectivity index (χ0n) is 10.5. The Hall–Kier alpha value is -1.16. The number of piperidine rings is 1. The highest BCUT2D eigenvalue weighted by atomic mass is 15.1. The van der Waals surface area contributed by atoms with Crippen molar-refractivity contribution in [1.29, 1.82) is 0 Å². The van der Waals surface area contributed by atoms with Crippen LogP contribution < -0.4 is 10.6 Å². The molecule has 4 heteroatoms. The van der Waals surface area contributed by atoms with Gasteiger partial charge < -0.3 is 10.6 Å². The summed E-state index contributed by atoms with van der Waals surface area (Å²) < 4.78 is 0. The molecule has 0 spiro atoms. The highest BCUT2D eigenvalue weighted by molar-refractivity contribution is 5.41. The Labute approximate surface area is 102 Å². The maximum absolute atomic E-state index is 4.54. The van der Waals surface area contributed by atoms with E-state index in [1.165, 1.54) is 25.7 Å². The summed E-state index contributed by atoms with van der Waals surface area (Å²) in [6.45, 7) is 4.01. The second-order valence-electron chi connectivity index (χ2n) is 5.40. The van der Waals surface area contributed by atoms with E-state index in [-0.39, 0.29) is 0 Å². The Kier molecular flexibility index (Phi) is 2.74. The van der Waals surface area contributed by atoms with Gasteiger partial charge in [0.1, 0.15) is 5.82 Å². The first-order valence-electron chi connectivity index (χ1n) is 6.53. The van der Waals surface area contributed by atoms with Gasteiger partial charge in [-0.25, -0.2) is 4.98 Å². The van der Waals surface area contributed by atoms with E-state index in [4.69, 9.17) is 0 Å². The number of fused-ring (bicyclic) bond motifs is 2. The molecule has 2 N–H and O–H groups in total. The van der Waals surface area contributed by atoms with Crippen molar-refractivity contribution in [3.05, 3.63) is 17.6 Å². The van der Waals surface area contributed by atoms with Crippen molar-refractivity contribution in [2.75, 3.05) is 5.32 Å². The maximum atomic E-state index is 4.54. The lowest BCUT2D eigenvalue weighted by atomic mass is 10.00. The average molecular weight is 232 g/mol. The number of nitrogens with zero attached hydrogens (tertiary/aromatic N) is 2. The standard InChI is InChI=1S/C13H20N4/c1-8-7-14-9(2)13(15-8)17-12-5-10-3-4-11(6-12)16-10/h7,10-12,16H,3-6H2,1-2H3,(H,15,17). The van der Waals surface area contributed by atoms with Crippen molar-refractivity contribution in [3.8, 4) is 0 Å². The lowest BCUT2D eigenvalue weighted by molar-refractivity contribution is 0.377. The predicted molar refractivity (Wildman–Crippen MR) is 68.1 cm³/mol. The first-order chi connectivity index (χ1) is 8.20. The lowest BCUT2D eigenvalue weighted by Gasteiger charge is -2.30. The average Bonchev–Trinajstić information content (AvgIpc) is 2.63. The SMILES string of the molecule is Cc1cnc(C)c(NC2CC3CCC(C2)N3)n1. The molecule has 0 aromatic carbocycles. The molecule has 0 saturated carbocycles. The van der Waals surface area contributed by atoms with Gasteiger partial charge in [-0.2, -0.15) is 0 Å². The molecule has 2 bridgehead atoms. The highest BCUT2D eigenvalue weighted by Crippen LogP contribution is 2.28. The van der Waals surface area contributed by atoms with Gasteiger partial charge in [-0.3, -0.25) is 4.98 Å². The molecule has 1 aromatic rings. The Morgan fingerprint density at radius 3 is 2.65 bits per heavy atom. The van der Waals surface area contributed by atoms with E-state index in [9.17, 15) is 0 Å². The summed E-state index contributed by atoms with van der Waals surface area (Å²) in [5.41, 5.74) is 1.98. The minimum atomic E-state index is 0.559. The molecule has 3 rings (SSSR count). The predicted octanol–water partition coefficient (Wildman–Crippen LogP) is 1.79. The monoisotopic (exact) mass is 232 g/mol. The van der Waals surface area contributed by atoms with Crippen LogP contribution in [0.5, 0.6) is 0 Å².